The Morgan fingerprint density at radius 1 is 1.00 bits per heavy atom. The number of nitrogens with zero attached hydrogens (tertiary/aromatic N) is 2. The van der Waals surface area contributed by atoms with Crippen molar-refractivity contribution in [2.75, 3.05) is 5.32 Å². The predicted octanol–water partition coefficient (Wildman–Crippen LogP) is 2.01. The number of halogens is 2. The number of hydrogen-bond donors (Lipinski definition) is 1. The molecule has 0 aliphatic rings. The minimum atomic E-state index is -0.662. The van der Waals surface area contributed by atoms with Crippen LogP contribution in [0.1, 0.15) is 10.4 Å². The molecule has 17 heavy (non-hydrogen) atoms. The highest BCUT2D eigenvalue weighted by molar-refractivity contribution is 6.03. The summed E-state index contributed by atoms with van der Waals surface area (Å²) in [4.78, 5) is 18.4. The minimum Gasteiger partial charge on any atom is -0.321 e. The number of aromatic nitrogens is 2. The fourth-order valence-electron chi connectivity index (χ4n) is 1.16. The SMILES string of the molecule is O=C(Nc1ccc(F)nc1)c1ccc(F)nc1. The van der Waals surface area contributed by atoms with Gasteiger partial charge >= 0.3 is 0 Å². The van der Waals surface area contributed by atoms with Gasteiger partial charge in [0.05, 0.1) is 17.4 Å². The molecule has 0 aliphatic heterocycles. The minimum absolute atomic E-state index is 0.204. The van der Waals surface area contributed by atoms with Crippen molar-refractivity contribution < 1.29 is 13.6 Å². The van der Waals surface area contributed by atoms with E-state index >= 15 is 0 Å². The molecule has 2 aromatic rings. The van der Waals surface area contributed by atoms with Crippen molar-refractivity contribution in [1.29, 1.82) is 0 Å². The van der Waals surface area contributed by atoms with E-state index in [9.17, 15) is 13.6 Å². The standard InChI is InChI=1S/C11H7F2N3O/c12-9-3-1-7(5-14-9)11(17)16-8-2-4-10(13)15-6-8/h1-6H,(H,16,17). The van der Waals surface area contributed by atoms with Gasteiger partial charge in [-0.15, -0.1) is 0 Å². The first-order chi connectivity index (χ1) is 8.15. The van der Waals surface area contributed by atoms with Crippen molar-refractivity contribution in [1.82, 2.24) is 9.97 Å². The van der Waals surface area contributed by atoms with Gasteiger partial charge < -0.3 is 5.32 Å². The smallest absolute Gasteiger partial charge is 0.257 e. The van der Waals surface area contributed by atoms with Crippen molar-refractivity contribution in [3.63, 3.8) is 0 Å². The van der Waals surface area contributed by atoms with E-state index < -0.39 is 17.8 Å². The normalized spacial score (nSPS) is 10.0. The van der Waals surface area contributed by atoms with Gasteiger partial charge in [-0.3, -0.25) is 4.79 Å². The number of pyridine rings is 2. The summed E-state index contributed by atoms with van der Waals surface area (Å²) in [5.41, 5.74) is 0.552. The van der Waals surface area contributed by atoms with Crippen LogP contribution >= 0.6 is 0 Å². The first-order valence-corrected chi connectivity index (χ1v) is 4.69. The zero-order valence-corrected chi connectivity index (χ0v) is 8.52. The van der Waals surface area contributed by atoms with E-state index in [1.54, 1.807) is 0 Å². The Morgan fingerprint density at radius 2 is 1.65 bits per heavy atom. The Morgan fingerprint density at radius 3 is 2.18 bits per heavy atom. The molecule has 0 saturated heterocycles. The number of rotatable bonds is 2. The van der Waals surface area contributed by atoms with Crippen LogP contribution in [0.25, 0.3) is 0 Å². The van der Waals surface area contributed by atoms with E-state index in [-0.39, 0.29) is 5.56 Å². The second-order valence-corrected chi connectivity index (χ2v) is 3.19. The van der Waals surface area contributed by atoms with Crippen LogP contribution in [0.5, 0.6) is 0 Å². The van der Waals surface area contributed by atoms with Crippen LogP contribution in [0.3, 0.4) is 0 Å². The Balaban J connectivity index is 2.11. The van der Waals surface area contributed by atoms with Gasteiger partial charge in [0.2, 0.25) is 11.9 Å². The number of carbonyl (C=O) groups is 1. The Labute approximate surface area is 95.3 Å². The average molecular weight is 235 g/mol. The maximum atomic E-state index is 12.5. The molecule has 0 unspecified atom stereocenters. The molecule has 0 radical (unpaired) electrons. The number of hydrogen-bond acceptors (Lipinski definition) is 3. The summed E-state index contributed by atoms with van der Waals surface area (Å²) in [7, 11) is 0. The largest absolute Gasteiger partial charge is 0.321 e. The molecule has 2 aromatic heterocycles. The van der Waals surface area contributed by atoms with Gasteiger partial charge in [-0.2, -0.15) is 8.78 Å². The fourth-order valence-corrected chi connectivity index (χ4v) is 1.16. The first-order valence-electron chi connectivity index (χ1n) is 4.69. The molecular weight excluding hydrogens is 228 g/mol. The monoisotopic (exact) mass is 235 g/mol. The third-order valence-corrected chi connectivity index (χ3v) is 1.97. The second-order valence-electron chi connectivity index (χ2n) is 3.19. The van der Waals surface area contributed by atoms with Crippen LogP contribution in [-0.2, 0) is 0 Å². The van der Waals surface area contributed by atoms with E-state index in [1.807, 2.05) is 0 Å². The van der Waals surface area contributed by atoms with Crippen molar-refractivity contribution in [2.45, 2.75) is 0 Å². The number of anilines is 1. The highest BCUT2D eigenvalue weighted by Gasteiger charge is 2.06. The Kier molecular flexibility index (Phi) is 3.04. The molecule has 0 saturated carbocycles. The highest BCUT2D eigenvalue weighted by Crippen LogP contribution is 2.08. The third-order valence-electron chi connectivity index (χ3n) is 1.97. The zero-order chi connectivity index (χ0) is 12.3. The first kappa shape index (κ1) is 11.1. The van der Waals surface area contributed by atoms with E-state index in [0.717, 1.165) is 18.3 Å². The van der Waals surface area contributed by atoms with Gasteiger partial charge in [0.15, 0.2) is 0 Å². The van der Waals surface area contributed by atoms with Crippen molar-refractivity contribution in [3.8, 4) is 0 Å². The van der Waals surface area contributed by atoms with Gasteiger partial charge in [-0.25, -0.2) is 9.97 Å². The lowest BCUT2D eigenvalue weighted by atomic mass is 10.2. The van der Waals surface area contributed by atoms with E-state index in [4.69, 9.17) is 0 Å². The summed E-state index contributed by atoms with van der Waals surface area (Å²) in [6, 6.07) is 4.88. The van der Waals surface area contributed by atoms with Crippen LogP contribution in [0, 0.1) is 11.9 Å². The predicted molar refractivity (Wildman–Crippen MR) is 56.3 cm³/mol. The summed E-state index contributed by atoms with van der Waals surface area (Å²) in [5.74, 6) is -1.76. The Hall–Kier alpha value is -2.37. The molecule has 6 heteroatoms. The molecule has 0 bridgehead atoms. The van der Waals surface area contributed by atoms with Crippen LogP contribution < -0.4 is 5.32 Å². The third kappa shape index (κ3) is 2.81. The van der Waals surface area contributed by atoms with Crippen LogP contribution in [0.2, 0.25) is 0 Å². The second kappa shape index (κ2) is 4.65. The van der Waals surface area contributed by atoms with Crippen LogP contribution in [0.4, 0.5) is 14.5 Å². The van der Waals surface area contributed by atoms with Gasteiger partial charge in [0, 0.05) is 6.20 Å². The molecule has 0 fully saturated rings. The lowest BCUT2D eigenvalue weighted by Gasteiger charge is -2.03. The number of amides is 1. The van der Waals surface area contributed by atoms with Crippen LogP contribution in [0.15, 0.2) is 36.7 Å². The molecule has 0 atom stereocenters. The summed E-state index contributed by atoms with van der Waals surface area (Å²) < 4.78 is 25.0. The topological polar surface area (TPSA) is 54.9 Å². The molecule has 0 aromatic carbocycles. The average Bonchev–Trinajstić information content (AvgIpc) is 2.33. The summed E-state index contributed by atoms with van der Waals surface area (Å²) in [6.07, 6.45) is 2.30. The van der Waals surface area contributed by atoms with Gasteiger partial charge in [0.25, 0.3) is 5.91 Å². The molecule has 1 N–H and O–H groups in total. The quantitative estimate of drug-likeness (QED) is 0.810. The summed E-state index contributed by atoms with van der Waals surface area (Å²) in [5, 5.41) is 2.47. The lowest BCUT2D eigenvalue weighted by molar-refractivity contribution is 0.102. The molecule has 0 aliphatic carbocycles. The Bertz CT molecular complexity index is 525. The van der Waals surface area contributed by atoms with Crippen LogP contribution in [-0.4, -0.2) is 15.9 Å². The maximum absolute atomic E-state index is 12.5. The molecule has 2 heterocycles. The van der Waals surface area contributed by atoms with Crippen molar-refractivity contribution >= 4 is 11.6 Å². The molecule has 0 spiro atoms. The van der Waals surface area contributed by atoms with E-state index in [2.05, 4.69) is 15.3 Å². The molecule has 2 rings (SSSR count). The maximum Gasteiger partial charge on any atom is 0.257 e. The fraction of sp³-hybridized carbons (Fsp3) is 0. The van der Waals surface area contributed by atoms with Gasteiger partial charge in [-0.1, -0.05) is 0 Å². The van der Waals surface area contributed by atoms with Crippen molar-refractivity contribution in [3.05, 3.63) is 54.1 Å². The highest BCUT2D eigenvalue weighted by atomic mass is 19.1. The number of nitrogens with one attached hydrogen (secondary N) is 1. The number of carbonyl (C=O) groups excluding carboxylic acids is 1. The molecule has 4 nitrogen and oxygen atoms in total. The molecular formula is C11H7F2N3O. The summed E-state index contributed by atoms with van der Waals surface area (Å²) in [6.45, 7) is 0. The zero-order valence-electron chi connectivity index (χ0n) is 8.52. The summed E-state index contributed by atoms with van der Waals surface area (Å²) >= 11 is 0. The van der Waals surface area contributed by atoms with E-state index in [0.29, 0.717) is 5.69 Å². The molecule has 1 amide bonds. The van der Waals surface area contributed by atoms with Gasteiger partial charge in [0.1, 0.15) is 0 Å². The van der Waals surface area contributed by atoms with Crippen molar-refractivity contribution in [2.24, 2.45) is 0 Å². The van der Waals surface area contributed by atoms with E-state index in [1.165, 1.54) is 18.3 Å². The van der Waals surface area contributed by atoms with Gasteiger partial charge in [-0.05, 0) is 24.3 Å². The molecule has 86 valence electrons. The lowest BCUT2D eigenvalue weighted by Crippen LogP contribution is -2.12.